The second kappa shape index (κ2) is 5.35. The zero-order valence-corrected chi connectivity index (χ0v) is 9.99. The molecule has 1 aliphatic carbocycles. The summed E-state index contributed by atoms with van der Waals surface area (Å²) in [5, 5.41) is 0. The molecule has 2 nitrogen and oxygen atoms in total. The lowest BCUT2D eigenvalue weighted by Crippen LogP contribution is -2.17. The first-order valence-electron chi connectivity index (χ1n) is 6.19. The average molecular weight is 219 g/mol. The summed E-state index contributed by atoms with van der Waals surface area (Å²) in [5.74, 6) is 1.63. The Bertz CT molecular complexity index is 320. The van der Waals surface area contributed by atoms with Crippen LogP contribution in [0.1, 0.15) is 43.6 Å². The van der Waals surface area contributed by atoms with E-state index in [2.05, 4.69) is 24.3 Å². The first-order valence-corrected chi connectivity index (χ1v) is 6.19. The van der Waals surface area contributed by atoms with Crippen molar-refractivity contribution in [3.63, 3.8) is 0 Å². The van der Waals surface area contributed by atoms with Gasteiger partial charge in [0.05, 0.1) is 7.11 Å². The van der Waals surface area contributed by atoms with E-state index in [-0.39, 0.29) is 0 Å². The lowest BCUT2D eigenvalue weighted by Gasteiger charge is -2.14. The van der Waals surface area contributed by atoms with Gasteiger partial charge in [0.2, 0.25) is 0 Å². The van der Waals surface area contributed by atoms with Crippen LogP contribution in [-0.4, -0.2) is 13.2 Å². The molecule has 1 aromatic carbocycles. The molecule has 2 rings (SSSR count). The minimum absolute atomic E-state index is 0.420. The van der Waals surface area contributed by atoms with Gasteiger partial charge in [-0.25, -0.2) is 0 Å². The number of methoxy groups -OCH3 is 1. The van der Waals surface area contributed by atoms with Crippen molar-refractivity contribution in [2.75, 3.05) is 7.11 Å². The Morgan fingerprint density at radius 3 is 2.50 bits per heavy atom. The fourth-order valence-corrected chi connectivity index (χ4v) is 2.54. The quantitative estimate of drug-likeness (QED) is 0.776. The molecule has 0 unspecified atom stereocenters. The molecule has 0 heterocycles. The molecule has 0 spiro atoms. The summed E-state index contributed by atoms with van der Waals surface area (Å²) in [7, 11) is 1.71. The van der Waals surface area contributed by atoms with Crippen LogP contribution in [0.4, 0.5) is 0 Å². The molecular weight excluding hydrogens is 198 g/mol. The van der Waals surface area contributed by atoms with Crippen molar-refractivity contribution in [2.24, 2.45) is 5.73 Å². The van der Waals surface area contributed by atoms with Crippen molar-refractivity contribution >= 4 is 0 Å². The van der Waals surface area contributed by atoms with E-state index in [0.29, 0.717) is 12.0 Å². The van der Waals surface area contributed by atoms with Crippen molar-refractivity contribution < 1.29 is 4.74 Å². The molecule has 2 atom stereocenters. The van der Waals surface area contributed by atoms with E-state index in [1.807, 2.05) is 0 Å². The van der Waals surface area contributed by atoms with Crippen LogP contribution in [-0.2, 0) is 0 Å². The third-order valence-corrected chi connectivity index (χ3v) is 3.60. The molecule has 2 heteroatoms. The molecule has 0 saturated heterocycles. The predicted molar refractivity (Wildman–Crippen MR) is 66.8 cm³/mol. The zero-order valence-electron chi connectivity index (χ0n) is 9.99. The second-order valence-corrected chi connectivity index (χ2v) is 4.74. The number of rotatable bonds is 2. The lowest BCUT2D eigenvalue weighted by molar-refractivity contribution is 0.414. The van der Waals surface area contributed by atoms with Crippen LogP contribution in [0.3, 0.4) is 0 Å². The molecule has 0 aliphatic heterocycles. The summed E-state index contributed by atoms with van der Waals surface area (Å²) in [6, 6.07) is 8.92. The summed E-state index contributed by atoms with van der Waals surface area (Å²) in [6.45, 7) is 0. The number of hydrogen-bond acceptors (Lipinski definition) is 2. The van der Waals surface area contributed by atoms with Gasteiger partial charge in [0, 0.05) is 6.04 Å². The van der Waals surface area contributed by atoms with E-state index in [1.54, 1.807) is 7.11 Å². The molecule has 0 aromatic heterocycles. The molecule has 0 bridgehead atoms. The number of ether oxygens (including phenoxy) is 1. The summed E-state index contributed by atoms with van der Waals surface area (Å²) >= 11 is 0. The van der Waals surface area contributed by atoms with Crippen LogP contribution in [0.15, 0.2) is 24.3 Å². The van der Waals surface area contributed by atoms with Crippen LogP contribution < -0.4 is 10.5 Å². The van der Waals surface area contributed by atoms with Crippen LogP contribution >= 0.6 is 0 Å². The average Bonchev–Trinajstić information content (AvgIpc) is 2.54. The maximum absolute atomic E-state index is 6.00. The highest BCUT2D eigenvalue weighted by molar-refractivity contribution is 5.29. The molecule has 1 aliphatic rings. The van der Waals surface area contributed by atoms with E-state index in [0.717, 1.165) is 12.2 Å². The fourth-order valence-electron chi connectivity index (χ4n) is 2.54. The minimum Gasteiger partial charge on any atom is -0.497 e. The molecule has 1 aromatic rings. The van der Waals surface area contributed by atoms with Crippen LogP contribution in [0.2, 0.25) is 0 Å². The van der Waals surface area contributed by atoms with Gasteiger partial charge in [-0.15, -0.1) is 0 Å². The van der Waals surface area contributed by atoms with Gasteiger partial charge in [0.25, 0.3) is 0 Å². The van der Waals surface area contributed by atoms with E-state index < -0.39 is 0 Å². The van der Waals surface area contributed by atoms with Crippen molar-refractivity contribution in [2.45, 2.75) is 44.1 Å². The molecular formula is C14H21NO. The molecule has 16 heavy (non-hydrogen) atoms. The van der Waals surface area contributed by atoms with Gasteiger partial charge in [-0.2, -0.15) is 0 Å². The molecule has 0 amide bonds. The van der Waals surface area contributed by atoms with Gasteiger partial charge in [-0.3, -0.25) is 0 Å². The lowest BCUT2D eigenvalue weighted by atomic mass is 9.92. The Morgan fingerprint density at radius 2 is 1.81 bits per heavy atom. The van der Waals surface area contributed by atoms with Crippen LogP contribution in [0, 0.1) is 0 Å². The van der Waals surface area contributed by atoms with Gasteiger partial charge in [0.15, 0.2) is 0 Å². The fraction of sp³-hybridized carbons (Fsp3) is 0.571. The van der Waals surface area contributed by atoms with E-state index in [9.17, 15) is 0 Å². The monoisotopic (exact) mass is 219 g/mol. The molecule has 88 valence electrons. The maximum atomic E-state index is 6.00. The van der Waals surface area contributed by atoms with Crippen molar-refractivity contribution in [3.8, 4) is 5.75 Å². The molecule has 0 radical (unpaired) electrons. The van der Waals surface area contributed by atoms with Crippen LogP contribution in [0.5, 0.6) is 5.75 Å². The highest BCUT2D eigenvalue weighted by atomic mass is 16.5. The van der Waals surface area contributed by atoms with Gasteiger partial charge in [-0.05, 0) is 49.3 Å². The summed E-state index contributed by atoms with van der Waals surface area (Å²) in [5.41, 5.74) is 7.44. The number of hydrogen-bond donors (Lipinski definition) is 1. The van der Waals surface area contributed by atoms with Gasteiger partial charge >= 0.3 is 0 Å². The first-order chi connectivity index (χ1) is 7.79. The third-order valence-electron chi connectivity index (χ3n) is 3.60. The largest absolute Gasteiger partial charge is 0.497 e. The minimum atomic E-state index is 0.420. The Labute approximate surface area is 97.8 Å². The first kappa shape index (κ1) is 11.5. The normalized spacial score (nSPS) is 26.1. The molecule has 2 N–H and O–H groups in total. The summed E-state index contributed by atoms with van der Waals surface area (Å²) < 4.78 is 5.18. The highest BCUT2D eigenvalue weighted by Gasteiger charge is 2.17. The van der Waals surface area contributed by atoms with E-state index >= 15 is 0 Å². The van der Waals surface area contributed by atoms with Crippen LogP contribution in [0.25, 0.3) is 0 Å². The number of benzene rings is 1. The number of nitrogens with two attached hydrogens (primary N) is 1. The summed E-state index contributed by atoms with van der Waals surface area (Å²) in [6.07, 6.45) is 6.12. The van der Waals surface area contributed by atoms with E-state index in [4.69, 9.17) is 10.5 Å². The third kappa shape index (κ3) is 2.76. The van der Waals surface area contributed by atoms with Crippen molar-refractivity contribution in [3.05, 3.63) is 29.8 Å². The van der Waals surface area contributed by atoms with Crippen molar-refractivity contribution in [1.29, 1.82) is 0 Å². The zero-order chi connectivity index (χ0) is 11.4. The van der Waals surface area contributed by atoms with Gasteiger partial charge in [0.1, 0.15) is 5.75 Å². The van der Waals surface area contributed by atoms with Gasteiger partial charge in [-0.1, -0.05) is 18.6 Å². The second-order valence-electron chi connectivity index (χ2n) is 4.74. The SMILES string of the molecule is COc1ccc([C@@H]2CCC[C@H](N)CC2)cc1. The van der Waals surface area contributed by atoms with Gasteiger partial charge < -0.3 is 10.5 Å². The van der Waals surface area contributed by atoms with Crippen molar-refractivity contribution in [1.82, 2.24) is 0 Å². The molecule has 1 fully saturated rings. The Hall–Kier alpha value is -1.02. The smallest absolute Gasteiger partial charge is 0.118 e. The van der Waals surface area contributed by atoms with E-state index in [1.165, 1.54) is 31.2 Å². The summed E-state index contributed by atoms with van der Waals surface area (Å²) in [4.78, 5) is 0. The highest BCUT2D eigenvalue weighted by Crippen LogP contribution is 2.31. The topological polar surface area (TPSA) is 35.2 Å². The Kier molecular flexibility index (Phi) is 3.83. The Balaban J connectivity index is 2.04. The standard InChI is InChI=1S/C14H21NO/c1-16-14-9-6-12(7-10-14)11-3-2-4-13(15)8-5-11/h6-7,9-11,13H,2-5,8,15H2,1H3/t11-,13+/m1/s1. The predicted octanol–water partition coefficient (Wildman–Crippen LogP) is 3.07. The Morgan fingerprint density at radius 1 is 1.06 bits per heavy atom. The molecule has 1 saturated carbocycles. The maximum Gasteiger partial charge on any atom is 0.118 e.